The molecule has 1 aromatic heterocycles. The molecule has 0 saturated heterocycles. The number of aromatic hydroxyl groups is 1. The predicted molar refractivity (Wildman–Crippen MR) is 86.5 cm³/mol. The molecule has 0 aliphatic rings. The first-order chi connectivity index (χ1) is 11.0. The van der Waals surface area contributed by atoms with Crippen molar-refractivity contribution in [1.29, 1.82) is 0 Å². The Balaban J connectivity index is 1.80. The number of benzene rings is 2. The summed E-state index contributed by atoms with van der Waals surface area (Å²) in [5, 5.41) is 12.8. The molecule has 0 atom stereocenters. The third-order valence-electron chi connectivity index (χ3n) is 3.60. The van der Waals surface area contributed by atoms with Crippen LogP contribution in [0.15, 0.2) is 57.7 Å². The van der Waals surface area contributed by atoms with Crippen molar-refractivity contribution in [3.8, 4) is 5.75 Å². The molecule has 1 heterocycles. The molecule has 0 fully saturated rings. The molecule has 2 N–H and O–H groups in total. The van der Waals surface area contributed by atoms with Gasteiger partial charge in [0, 0.05) is 23.6 Å². The van der Waals surface area contributed by atoms with Crippen LogP contribution >= 0.6 is 0 Å². The van der Waals surface area contributed by atoms with E-state index in [-0.39, 0.29) is 11.7 Å². The van der Waals surface area contributed by atoms with Gasteiger partial charge in [0.25, 0.3) is 5.91 Å². The van der Waals surface area contributed by atoms with Crippen LogP contribution in [0.5, 0.6) is 5.75 Å². The topological polar surface area (TPSA) is 79.5 Å². The van der Waals surface area contributed by atoms with E-state index in [0.29, 0.717) is 17.7 Å². The van der Waals surface area contributed by atoms with Crippen LogP contribution in [-0.2, 0) is 6.54 Å². The van der Waals surface area contributed by atoms with Crippen LogP contribution in [-0.4, -0.2) is 11.0 Å². The minimum Gasteiger partial charge on any atom is -0.508 e. The average molecular weight is 309 g/mol. The van der Waals surface area contributed by atoms with Gasteiger partial charge in [-0.2, -0.15) is 0 Å². The van der Waals surface area contributed by atoms with E-state index in [9.17, 15) is 14.7 Å². The van der Waals surface area contributed by atoms with Crippen LogP contribution < -0.4 is 10.9 Å². The lowest BCUT2D eigenvalue weighted by atomic mass is 10.1. The fourth-order valence-corrected chi connectivity index (χ4v) is 2.36. The second-order valence-corrected chi connectivity index (χ2v) is 5.31. The van der Waals surface area contributed by atoms with Gasteiger partial charge < -0.3 is 14.8 Å². The third kappa shape index (κ3) is 3.23. The fourth-order valence-electron chi connectivity index (χ4n) is 2.36. The Morgan fingerprint density at radius 2 is 1.87 bits per heavy atom. The molecule has 0 radical (unpaired) electrons. The molecular weight excluding hydrogens is 294 g/mol. The van der Waals surface area contributed by atoms with E-state index >= 15 is 0 Å². The summed E-state index contributed by atoms with van der Waals surface area (Å²) >= 11 is 0. The monoisotopic (exact) mass is 309 g/mol. The maximum atomic E-state index is 12.2. The number of hydrogen-bond acceptors (Lipinski definition) is 4. The highest BCUT2D eigenvalue weighted by atomic mass is 16.4. The number of phenols is 1. The van der Waals surface area contributed by atoms with E-state index < -0.39 is 5.63 Å². The van der Waals surface area contributed by atoms with Gasteiger partial charge >= 0.3 is 5.63 Å². The lowest BCUT2D eigenvalue weighted by Crippen LogP contribution is -2.22. The van der Waals surface area contributed by atoms with Crippen molar-refractivity contribution in [2.45, 2.75) is 13.5 Å². The summed E-state index contributed by atoms with van der Waals surface area (Å²) < 4.78 is 5.15. The van der Waals surface area contributed by atoms with Gasteiger partial charge in [0.1, 0.15) is 11.3 Å². The molecule has 0 spiro atoms. The highest BCUT2D eigenvalue weighted by Gasteiger charge is 2.09. The quantitative estimate of drug-likeness (QED) is 0.729. The fraction of sp³-hybridized carbons (Fsp3) is 0.111. The first kappa shape index (κ1) is 14.8. The van der Waals surface area contributed by atoms with E-state index in [1.807, 2.05) is 6.92 Å². The van der Waals surface area contributed by atoms with Crippen molar-refractivity contribution in [3.05, 3.63) is 75.6 Å². The summed E-state index contributed by atoms with van der Waals surface area (Å²) in [6.45, 7) is 2.17. The van der Waals surface area contributed by atoms with Crippen molar-refractivity contribution in [2.24, 2.45) is 0 Å². The number of amides is 1. The normalized spacial score (nSPS) is 10.7. The number of hydrogen-bond donors (Lipinski definition) is 2. The number of aryl methyl sites for hydroxylation is 1. The maximum Gasteiger partial charge on any atom is 0.336 e. The Labute approximate surface area is 132 Å². The Morgan fingerprint density at radius 3 is 2.61 bits per heavy atom. The predicted octanol–water partition coefficient (Wildman–Crippen LogP) is 2.74. The second-order valence-electron chi connectivity index (χ2n) is 5.31. The SMILES string of the molecule is Cc1cc(=O)oc2cc(C(=O)NCc3ccc(O)cc3)ccc12. The van der Waals surface area contributed by atoms with Crippen LogP contribution in [0.1, 0.15) is 21.5 Å². The van der Waals surface area contributed by atoms with Crippen molar-refractivity contribution >= 4 is 16.9 Å². The van der Waals surface area contributed by atoms with Gasteiger partial charge in [-0.3, -0.25) is 4.79 Å². The molecule has 0 bridgehead atoms. The Bertz CT molecular complexity index is 926. The zero-order valence-electron chi connectivity index (χ0n) is 12.5. The number of fused-ring (bicyclic) bond motifs is 1. The molecule has 0 saturated carbocycles. The van der Waals surface area contributed by atoms with Crippen LogP contribution in [0.25, 0.3) is 11.0 Å². The molecule has 116 valence electrons. The highest BCUT2D eigenvalue weighted by Crippen LogP contribution is 2.18. The summed E-state index contributed by atoms with van der Waals surface area (Å²) in [5.41, 5.74) is 2.07. The van der Waals surface area contributed by atoms with Gasteiger partial charge in [0.05, 0.1) is 0 Å². The number of nitrogens with one attached hydrogen (secondary N) is 1. The highest BCUT2D eigenvalue weighted by molar-refractivity contribution is 5.97. The van der Waals surface area contributed by atoms with Gasteiger partial charge in [0.15, 0.2) is 0 Å². The Hall–Kier alpha value is -3.08. The second kappa shape index (κ2) is 5.96. The summed E-state index contributed by atoms with van der Waals surface area (Å²) in [7, 11) is 0. The molecule has 0 aliphatic heterocycles. The molecule has 3 aromatic rings. The number of rotatable bonds is 3. The van der Waals surface area contributed by atoms with Crippen LogP contribution in [0, 0.1) is 6.92 Å². The van der Waals surface area contributed by atoms with Crippen molar-refractivity contribution in [3.63, 3.8) is 0 Å². The van der Waals surface area contributed by atoms with Crippen molar-refractivity contribution < 1.29 is 14.3 Å². The van der Waals surface area contributed by atoms with Crippen LogP contribution in [0.3, 0.4) is 0 Å². The smallest absolute Gasteiger partial charge is 0.336 e. The molecule has 3 rings (SSSR count). The van der Waals surface area contributed by atoms with Crippen LogP contribution in [0.2, 0.25) is 0 Å². The zero-order chi connectivity index (χ0) is 16.4. The maximum absolute atomic E-state index is 12.2. The summed E-state index contributed by atoms with van der Waals surface area (Å²) in [5.74, 6) is -0.0795. The van der Waals surface area contributed by atoms with E-state index in [4.69, 9.17) is 4.42 Å². The van der Waals surface area contributed by atoms with Gasteiger partial charge in [-0.15, -0.1) is 0 Å². The van der Waals surface area contributed by atoms with E-state index in [1.165, 1.54) is 6.07 Å². The van der Waals surface area contributed by atoms with Gasteiger partial charge in [-0.05, 0) is 42.3 Å². The third-order valence-corrected chi connectivity index (χ3v) is 3.60. The summed E-state index contributed by atoms with van der Waals surface area (Å²) in [4.78, 5) is 23.7. The molecule has 5 nitrogen and oxygen atoms in total. The minimum absolute atomic E-state index is 0.181. The standard InChI is InChI=1S/C18H15NO4/c1-11-8-17(21)23-16-9-13(4-7-15(11)16)18(22)19-10-12-2-5-14(20)6-3-12/h2-9,20H,10H2,1H3,(H,19,22). The van der Waals surface area contributed by atoms with Crippen molar-refractivity contribution in [2.75, 3.05) is 0 Å². The van der Waals surface area contributed by atoms with E-state index in [0.717, 1.165) is 16.5 Å². The molecule has 2 aromatic carbocycles. The lowest BCUT2D eigenvalue weighted by molar-refractivity contribution is 0.0951. The molecule has 5 heteroatoms. The van der Waals surface area contributed by atoms with Crippen LogP contribution in [0.4, 0.5) is 0 Å². The number of carbonyl (C=O) groups is 1. The minimum atomic E-state index is -0.434. The number of phenolic OH excluding ortho intramolecular Hbond substituents is 1. The van der Waals surface area contributed by atoms with Crippen molar-refractivity contribution in [1.82, 2.24) is 5.32 Å². The van der Waals surface area contributed by atoms with Gasteiger partial charge in [-0.1, -0.05) is 18.2 Å². The molecule has 23 heavy (non-hydrogen) atoms. The van der Waals surface area contributed by atoms with E-state index in [2.05, 4.69) is 5.32 Å². The van der Waals surface area contributed by atoms with E-state index in [1.54, 1.807) is 42.5 Å². The summed E-state index contributed by atoms with van der Waals surface area (Å²) in [6, 6.07) is 13.0. The number of carbonyl (C=O) groups excluding carboxylic acids is 1. The molecular formula is C18H15NO4. The first-order valence-electron chi connectivity index (χ1n) is 7.13. The Morgan fingerprint density at radius 1 is 1.13 bits per heavy atom. The largest absolute Gasteiger partial charge is 0.508 e. The molecule has 1 amide bonds. The molecule has 0 aliphatic carbocycles. The zero-order valence-corrected chi connectivity index (χ0v) is 12.5. The summed E-state index contributed by atoms with van der Waals surface area (Å²) in [6.07, 6.45) is 0. The van der Waals surface area contributed by atoms with Gasteiger partial charge in [-0.25, -0.2) is 4.79 Å². The first-order valence-corrected chi connectivity index (χ1v) is 7.13. The van der Waals surface area contributed by atoms with Gasteiger partial charge in [0.2, 0.25) is 0 Å². The molecule has 0 unspecified atom stereocenters. The lowest BCUT2D eigenvalue weighted by Gasteiger charge is -2.07. The average Bonchev–Trinajstić information content (AvgIpc) is 2.53. The Kier molecular flexibility index (Phi) is 3.85.